The normalized spacial score (nSPS) is 10.5. The van der Waals surface area contributed by atoms with Crippen molar-refractivity contribution in [3.8, 4) is 17.3 Å². The maximum Gasteiger partial charge on any atom is 0.195 e. The van der Waals surface area contributed by atoms with Gasteiger partial charge in [0.25, 0.3) is 0 Å². The summed E-state index contributed by atoms with van der Waals surface area (Å²) < 4.78 is 7.74. The maximum absolute atomic E-state index is 5.32. The van der Waals surface area contributed by atoms with Crippen LogP contribution in [-0.2, 0) is 6.54 Å². The van der Waals surface area contributed by atoms with Gasteiger partial charge >= 0.3 is 0 Å². The van der Waals surface area contributed by atoms with Crippen LogP contribution in [-0.4, -0.2) is 26.9 Å². The largest absolute Gasteiger partial charge is 0.497 e. The van der Waals surface area contributed by atoms with Gasteiger partial charge in [-0.1, -0.05) is 18.2 Å². The number of nitrogens with zero attached hydrogens (tertiary/aromatic N) is 3. The second-order valence-corrected chi connectivity index (χ2v) is 4.89. The van der Waals surface area contributed by atoms with Crippen LogP contribution in [0.25, 0.3) is 11.5 Å². The molecule has 106 valence electrons. The first-order valence-electron chi connectivity index (χ1n) is 6.47. The Balaban J connectivity index is 1.99. The number of nitrogens with one attached hydrogen (secondary N) is 1. The van der Waals surface area contributed by atoms with Crippen molar-refractivity contribution in [1.82, 2.24) is 19.7 Å². The molecule has 0 fully saturated rings. The summed E-state index contributed by atoms with van der Waals surface area (Å²) in [5.41, 5.74) is 1.87. The average molecular weight is 298 g/mol. The molecule has 21 heavy (non-hydrogen) atoms. The van der Waals surface area contributed by atoms with Crippen molar-refractivity contribution in [3.05, 3.63) is 59.0 Å². The van der Waals surface area contributed by atoms with Gasteiger partial charge in [0.05, 0.1) is 13.7 Å². The zero-order valence-electron chi connectivity index (χ0n) is 11.5. The van der Waals surface area contributed by atoms with E-state index in [9.17, 15) is 0 Å². The van der Waals surface area contributed by atoms with Crippen molar-refractivity contribution >= 4 is 12.2 Å². The van der Waals surface area contributed by atoms with Gasteiger partial charge in [-0.2, -0.15) is 5.10 Å². The molecule has 0 saturated carbocycles. The number of hydrogen-bond donors (Lipinski definition) is 1. The van der Waals surface area contributed by atoms with E-state index in [1.165, 1.54) is 0 Å². The standard InChI is InChI=1S/C15H14N4OS/c1-20-12-6-4-5-11(9-12)10-19-14(17-18-15(19)21)13-7-2-3-8-16-13/h2-9H,10H2,1H3,(H,18,21). The minimum atomic E-state index is 0.568. The minimum absolute atomic E-state index is 0.568. The first-order valence-corrected chi connectivity index (χ1v) is 6.88. The van der Waals surface area contributed by atoms with Crippen molar-refractivity contribution < 1.29 is 4.74 Å². The molecule has 6 heteroatoms. The van der Waals surface area contributed by atoms with E-state index in [0.29, 0.717) is 11.3 Å². The number of H-pyrrole nitrogens is 1. The number of aromatic nitrogens is 4. The zero-order valence-corrected chi connectivity index (χ0v) is 12.3. The van der Waals surface area contributed by atoms with E-state index in [2.05, 4.69) is 15.2 Å². The van der Waals surface area contributed by atoms with E-state index >= 15 is 0 Å². The molecule has 0 bridgehead atoms. The summed E-state index contributed by atoms with van der Waals surface area (Å²) in [7, 11) is 1.65. The fourth-order valence-corrected chi connectivity index (χ4v) is 2.30. The van der Waals surface area contributed by atoms with Gasteiger partial charge in [-0.05, 0) is 42.0 Å². The fraction of sp³-hybridized carbons (Fsp3) is 0.133. The summed E-state index contributed by atoms with van der Waals surface area (Å²) >= 11 is 5.32. The molecule has 1 N–H and O–H groups in total. The second-order valence-electron chi connectivity index (χ2n) is 4.51. The van der Waals surface area contributed by atoms with E-state index in [-0.39, 0.29) is 0 Å². The highest BCUT2D eigenvalue weighted by molar-refractivity contribution is 7.71. The highest BCUT2D eigenvalue weighted by atomic mass is 32.1. The summed E-state index contributed by atoms with van der Waals surface area (Å²) in [4.78, 5) is 4.32. The van der Waals surface area contributed by atoms with Crippen LogP contribution in [0.4, 0.5) is 0 Å². The number of ether oxygens (including phenoxy) is 1. The lowest BCUT2D eigenvalue weighted by atomic mass is 10.2. The Morgan fingerprint density at radius 3 is 2.90 bits per heavy atom. The first kappa shape index (κ1) is 13.5. The quantitative estimate of drug-likeness (QED) is 0.752. The third-order valence-electron chi connectivity index (χ3n) is 3.13. The Labute approximate surface area is 127 Å². The average Bonchev–Trinajstić information content (AvgIpc) is 2.89. The molecule has 0 aliphatic rings. The molecule has 0 atom stereocenters. The molecule has 0 radical (unpaired) electrons. The van der Waals surface area contributed by atoms with Crippen LogP contribution in [0.5, 0.6) is 5.75 Å². The molecule has 0 aliphatic carbocycles. The van der Waals surface area contributed by atoms with Crippen LogP contribution in [0.1, 0.15) is 5.56 Å². The fourth-order valence-electron chi connectivity index (χ4n) is 2.11. The first-order chi connectivity index (χ1) is 10.3. The number of rotatable bonds is 4. The molecule has 0 spiro atoms. The molecule has 0 unspecified atom stereocenters. The molecular formula is C15H14N4OS. The SMILES string of the molecule is COc1cccc(Cn2c(-c3ccccn3)n[nH]c2=S)c1. The summed E-state index contributed by atoms with van der Waals surface area (Å²) in [6.45, 7) is 0.610. The number of aromatic amines is 1. The Morgan fingerprint density at radius 2 is 2.14 bits per heavy atom. The van der Waals surface area contributed by atoms with Crippen LogP contribution in [0.15, 0.2) is 48.7 Å². The second kappa shape index (κ2) is 5.88. The summed E-state index contributed by atoms with van der Waals surface area (Å²) in [6, 6.07) is 13.6. The molecule has 0 saturated heterocycles. The van der Waals surface area contributed by atoms with Gasteiger partial charge in [-0.15, -0.1) is 0 Å². The van der Waals surface area contributed by atoms with Gasteiger partial charge in [0, 0.05) is 6.20 Å². The zero-order chi connectivity index (χ0) is 14.7. The highest BCUT2D eigenvalue weighted by Gasteiger charge is 2.10. The number of benzene rings is 1. The van der Waals surface area contributed by atoms with E-state index < -0.39 is 0 Å². The Bertz CT molecular complexity index is 795. The highest BCUT2D eigenvalue weighted by Crippen LogP contribution is 2.18. The molecule has 3 rings (SSSR count). The Morgan fingerprint density at radius 1 is 1.24 bits per heavy atom. The van der Waals surface area contributed by atoms with E-state index in [0.717, 1.165) is 22.8 Å². The van der Waals surface area contributed by atoms with Crippen molar-refractivity contribution in [3.63, 3.8) is 0 Å². The number of pyridine rings is 1. The lowest BCUT2D eigenvalue weighted by Gasteiger charge is -2.08. The summed E-state index contributed by atoms with van der Waals surface area (Å²) in [6.07, 6.45) is 1.74. The van der Waals surface area contributed by atoms with Gasteiger partial charge in [-0.3, -0.25) is 14.6 Å². The van der Waals surface area contributed by atoms with Crippen molar-refractivity contribution in [2.45, 2.75) is 6.54 Å². The molecule has 5 nitrogen and oxygen atoms in total. The molecule has 2 aromatic heterocycles. The van der Waals surface area contributed by atoms with Crippen molar-refractivity contribution in [1.29, 1.82) is 0 Å². The lowest BCUT2D eigenvalue weighted by Crippen LogP contribution is -2.03. The van der Waals surface area contributed by atoms with Gasteiger partial charge in [0.1, 0.15) is 11.4 Å². The van der Waals surface area contributed by atoms with Gasteiger partial charge in [-0.25, -0.2) is 0 Å². The van der Waals surface area contributed by atoms with Crippen LogP contribution in [0.2, 0.25) is 0 Å². The van der Waals surface area contributed by atoms with Crippen LogP contribution in [0.3, 0.4) is 0 Å². The van der Waals surface area contributed by atoms with Crippen LogP contribution < -0.4 is 4.74 Å². The number of methoxy groups -OCH3 is 1. The topological polar surface area (TPSA) is 55.7 Å². The van der Waals surface area contributed by atoms with E-state index in [4.69, 9.17) is 17.0 Å². The van der Waals surface area contributed by atoms with Crippen LogP contribution in [0, 0.1) is 4.77 Å². The van der Waals surface area contributed by atoms with Gasteiger partial charge < -0.3 is 4.74 Å². The third-order valence-corrected chi connectivity index (χ3v) is 3.44. The maximum atomic E-state index is 5.32. The predicted octanol–water partition coefficient (Wildman–Crippen LogP) is 3.06. The molecule has 1 aromatic carbocycles. The smallest absolute Gasteiger partial charge is 0.195 e. The minimum Gasteiger partial charge on any atom is -0.497 e. The van der Waals surface area contributed by atoms with Gasteiger partial charge in [0.15, 0.2) is 10.6 Å². The van der Waals surface area contributed by atoms with E-state index in [1.54, 1.807) is 13.3 Å². The molecule has 2 heterocycles. The third kappa shape index (κ3) is 2.85. The molecular weight excluding hydrogens is 284 g/mol. The Kier molecular flexibility index (Phi) is 3.79. The predicted molar refractivity (Wildman–Crippen MR) is 82.7 cm³/mol. The molecule has 0 aliphatic heterocycles. The monoisotopic (exact) mass is 298 g/mol. The van der Waals surface area contributed by atoms with E-state index in [1.807, 2.05) is 47.0 Å². The molecule has 0 amide bonds. The summed E-state index contributed by atoms with van der Waals surface area (Å²) in [5.74, 6) is 1.55. The van der Waals surface area contributed by atoms with Crippen molar-refractivity contribution in [2.24, 2.45) is 0 Å². The number of hydrogen-bond acceptors (Lipinski definition) is 4. The van der Waals surface area contributed by atoms with Gasteiger partial charge in [0.2, 0.25) is 0 Å². The van der Waals surface area contributed by atoms with Crippen LogP contribution >= 0.6 is 12.2 Å². The molecule has 3 aromatic rings. The summed E-state index contributed by atoms with van der Waals surface area (Å²) in [5, 5.41) is 7.11. The lowest BCUT2D eigenvalue weighted by molar-refractivity contribution is 0.414. The Hall–Kier alpha value is -2.47. The van der Waals surface area contributed by atoms with Crippen molar-refractivity contribution in [2.75, 3.05) is 7.11 Å².